The van der Waals surface area contributed by atoms with Gasteiger partial charge in [-0.3, -0.25) is 14.7 Å². The van der Waals surface area contributed by atoms with Gasteiger partial charge < -0.3 is 4.90 Å². The van der Waals surface area contributed by atoms with E-state index in [1.807, 2.05) is 17.0 Å². The molecule has 1 aliphatic rings. The van der Waals surface area contributed by atoms with Gasteiger partial charge in [-0.05, 0) is 37.6 Å². The maximum absolute atomic E-state index is 12.4. The molecule has 0 spiro atoms. The number of pyridine rings is 1. The van der Waals surface area contributed by atoms with Gasteiger partial charge in [-0.25, -0.2) is 0 Å². The van der Waals surface area contributed by atoms with Crippen LogP contribution in [0.1, 0.15) is 12.0 Å². The van der Waals surface area contributed by atoms with Crippen LogP contribution in [-0.4, -0.2) is 59.6 Å². The first kappa shape index (κ1) is 15.8. The first-order valence-corrected chi connectivity index (χ1v) is 6.81. The van der Waals surface area contributed by atoms with E-state index in [9.17, 15) is 18.0 Å². The van der Waals surface area contributed by atoms with Crippen LogP contribution in [-0.2, 0) is 11.2 Å². The number of amides is 1. The molecule has 1 atom stereocenters. The Morgan fingerprint density at radius 1 is 1.38 bits per heavy atom. The average Bonchev–Trinajstić information content (AvgIpc) is 2.77. The van der Waals surface area contributed by atoms with Crippen LogP contribution >= 0.6 is 0 Å². The number of rotatable bonds is 5. The third-order valence-electron chi connectivity index (χ3n) is 3.67. The molecule has 0 bridgehead atoms. The van der Waals surface area contributed by atoms with Gasteiger partial charge >= 0.3 is 6.18 Å². The Morgan fingerprint density at radius 3 is 2.67 bits per heavy atom. The fraction of sp³-hybridized carbons (Fsp3) is 0.571. The second-order valence-electron chi connectivity index (χ2n) is 5.27. The minimum absolute atomic E-state index is 0.169. The van der Waals surface area contributed by atoms with Crippen molar-refractivity contribution >= 4 is 5.91 Å². The molecule has 21 heavy (non-hydrogen) atoms. The maximum Gasteiger partial charge on any atom is 0.406 e. The van der Waals surface area contributed by atoms with Crippen molar-refractivity contribution in [3.8, 4) is 0 Å². The lowest BCUT2D eigenvalue weighted by atomic mass is 10.1. The number of carbonyl (C=O) groups excluding carboxylic acids is 1. The third kappa shape index (κ3) is 4.42. The van der Waals surface area contributed by atoms with Gasteiger partial charge in [0, 0.05) is 25.5 Å². The van der Waals surface area contributed by atoms with Crippen LogP contribution in [0.5, 0.6) is 0 Å². The predicted octanol–water partition coefficient (Wildman–Crippen LogP) is 1.72. The molecular formula is C14H18F3N3O. The third-order valence-corrected chi connectivity index (χ3v) is 3.67. The van der Waals surface area contributed by atoms with E-state index >= 15 is 0 Å². The van der Waals surface area contributed by atoms with Crippen molar-refractivity contribution in [1.82, 2.24) is 14.8 Å². The number of likely N-dealkylation sites (tertiary alicyclic amines) is 1. The fourth-order valence-electron chi connectivity index (χ4n) is 2.52. The first-order chi connectivity index (χ1) is 9.87. The molecule has 1 amide bonds. The summed E-state index contributed by atoms with van der Waals surface area (Å²) in [6.45, 7) is -0.358. The summed E-state index contributed by atoms with van der Waals surface area (Å²) in [6, 6.07) is 3.33. The minimum Gasteiger partial charge on any atom is -0.332 e. The van der Waals surface area contributed by atoms with Gasteiger partial charge in [-0.1, -0.05) is 0 Å². The zero-order chi connectivity index (χ0) is 15.5. The Morgan fingerprint density at radius 2 is 2.05 bits per heavy atom. The summed E-state index contributed by atoms with van der Waals surface area (Å²) in [5.41, 5.74) is 1.09. The van der Waals surface area contributed by atoms with Crippen molar-refractivity contribution in [3.63, 3.8) is 0 Å². The molecule has 1 unspecified atom stereocenters. The van der Waals surface area contributed by atoms with Crippen LogP contribution in [0.25, 0.3) is 0 Å². The Hall–Kier alpha value is -1.63. The highest BCUT2D eigenvalue weighted by Gasteiger charge is 2.40. The summed E-state index contributed by atoms with van der Waals surface area (Å²) in [7, 11) is 1.78. The van der Waals surface area contributed by atoms with E-state index < -0.39 is 24.7 Å². The highest BCUT2D eigenvalue weighted by Crippen LogP contribution is 2.22. The molecule has 0 saturated carbocycles. The van der Waals surface area contributed by atoms with Gasteiger partial charge in [0.2, 0.25) is 5.91 Å². The molecule has 0 aliphatic carbocycles. The minimum atomic E-state index is -4.33. The summed E-state index contributed by atoms with van der Waals surface area (Å²) in [6.07, 6.45) is 0.242. The summed E-state index contributed by atoms with van der Waals surface area (Å²) in [5.74, 6) is -0.426. The average molecular weight is 301 g/mol. The van der Waals surface area contributed by atoms with E-state index in [0.29, 0.717) is 13.0 Å². The second-order valence-corrected chi connectivity index (χ2v) is 5.27. The monoisotopic (exact) mass is 301 g/mol. The number of nitrogens with zero attached hydrogens (tertiary/aromatic N) is 3. The van der Waals surface area contributed by atoms with Gasteiger partial charge in [0.15, 0.2) is 0 Å². The van der Waals surface area contributed by atoms with Crippen LogP contribution in [0, 0.1) is 0 Å². The van der Waals surface area contributed by atoms with Crippen LogP contribution in [0.2, 0.25) is 0 Å². The number of alkyl halides is 3. The van der Waals surface area contributed by atoms with E-state index in [1.165, 1.54) is 0 Å². The number of aromatic nitrogens is 1. The molecule has 7 heteroatoms. The highest BCUT2D eigenvalue weighted by molar-refractivity contribution is 5.84. The Balaban J connectivity index is 1.86. The van der Waals surface area contributed by atoms with Gasteiger partial charge in [0.1, 0.15) is 6.54 Å². The SMILES string of the molecule is CN(CCc1ccncc1)C1CCN(CC(F)(F)F)C1=O. The number of likely N-dealkylation sites (N-methyl/N-ethyl adjacent to an activating group) is 1. The topological polar surface area (TPSA) is 36.4 Å². The molecule has 2 heterocycles. The number of hydrogen-bond acceptors (Lipinski definition) is 3. The van der Waals surface area contributed by atoms with Crippen LogP contribution in [0.3, 0.4) is 0 Å². The summed E-state index contributed by atoms with van der Waals surface area (Å²) in [4.78, 5) is 18.7. The lowest BCUT2D eigenvalue weighted by Gasteiger charge is -2.24. The van der Waals surface area contributed by atoms with Gasteiger partial charge in [0.05, 0.1) is 6.04 Å². The van der Waals surface area contributed by atoms with Crippen molar-refractivity contribution in [3.05, 3.63) is 30.1 Å². The molecule has 1 aromatic heterocycles. The lowest BCUT2D eigenvalue weighted by Crippen LogP contribution is -2.43. The second kappa shape index (κ2) is 6.43. The highest BCUT2D eigenvalue weighted by atomic mass is 19.4. The van der Waals surface area contributed by atoms with Gasteiger partial charge in [-0.2, -0.15) is 13.2 Å². The Labute approximate surface area is 121 Å². The normalized spacial score (nSPS) is 19.6. The number of halogens is 3. The first-order valence-electron chi connectivity index (χ1n) is 6.81. The van der Waals surface area contributed by atoms with Crippen molar-refractivity contribution in [2.45, 2.75) is 25.1 Å². The number of hydrogen-bond donors (Lipinski definition) is 0. The molecule has 1 aromatic rings. The molecule has 116 valence electrons. The van der Waals surface area contributed by atoms with Gasteiger partial charge in [-0.15, -0.1) is 0 Å². The summed E-state index contributed by atoms with van der Waals surface area (Å²) >= 11 is 0. The standard InChI is InChI=1S/C14H18F3N3O/c1-19(8-4-11-2-6-18-7-3-11)12-5-9-20(13(12)21)10-14(15,16)17/h2-3,6-7,12H,4-5,8-10H2,1H3. The molecule has 1 fully saturated rings. The zero-order valence-corrected chi connectivity index (χ0v) is 11.8. The Bertz CT molecular complexity index is 478. The van der Waals surface area contributed by atoms with E-state index in [4.69, 9.17) is 0 Å². The van der Waals surface area contributed by atoms with Crippen molar-refractivity contribution in [2.24, 2.45) is 0 Å². The smallest absolute Gasteiger partial charge is 0.332 e. The van der Waals surface area contributed by atoms with Crippen molar-refractivity contribution < 1.29 is 18.0 Å². The predicted molar refractivity (Wildman–Crippen MR) is 71.6 cm³/mol. The summed E-state index contributed by atoms with van der Waals surface area (Å²) < 4.78 is 37.1. The van der Waals surface area contributed by atoms with E-state index in [0.717, 1.165) is 16.9 Å². The molecule has 0 N–H and O–H groups in total. The molecule has 1 saturated heterocycles. The van der Waals surface area contributed by atoms with Crippen molar-refractivity contribution in [1.29, 1.82) is 0 Å². The molecule has 2 rings (SSSR count). The lowest BCUT2D eigenvalue weighted by molar-refractivity contribution is -0.158. The Kier molecular flexibility index (Phi) is 4.82. The molecular weight excluding hydrogens is 283 g/mol. The van der Waals surface area contributed by atoms with Crippen LogP contribution < -0.4 is 0 Å². The quantitative estimate of drug-likeness (QED) is 0.831. The van der Waals surface area contributed by atoms with Crippen LogP contribution in [0.15, 0.2) is 24.5 Å². The van der Waals surface area contributed by atoms with E-state index in [2.05, 4.69) is 4.98 Å². The van der Waals surface area contributed by atoms with Gasteiger partial charge in [0.25, 0.3) is 0 Å². The molecule has 0 radical (unpaired) electrons. The molecule has 0 aromatic carbocycles. The maximum atomic E-state index is 12.4. The van der Waals surface area contributed by atoms with E-state index in [1.54, 1.807) is 19.4 Å². The molecule has 4 nitrogen and oxygen atoms in total. The number of carbonyl (C=O) groups is 1. The largest absolute Gasteiger partial charge is 0.406 e. The van der Waals surface area contributed by atoms with E-state index in [-0.39, 0.29) is 6.54 Å². The van der Waals surface area contributed by atoms with Crippen LogP contribution in [0.4, 0.5) is 13.2 Å². The zero-order valence-electron chi connectivity index (χ0n) is 11.8. The van der Waals surface area contributed by atoms with Crippen molar-refractivity contribution in [2.75, 3.05) is 26.7 Å². The summed E-state index contributed by atoms with van der Waals surface area (Å²) in [5, 5.41) is 0. The molecule has 1 aliphatic heterocycles. The fourth-order valence-corrected chi connectivity index (χ4v) is 2.52.